The zero-order valence-electron chi connectivity index (χ0n) is 10.4. The number of rotatable bonds is 3. The number of hydrogen-bond donors (Lipinski definition) is 1. The van der Waals surface area contributed by atoms with Crippen molar-refractivity contribution in [1.82, 2.24) is 10.3 Å². The minimum Gasteiger partial charge on any atom is -0.343 e. The molecule has 1 aromatic carbocycles. The highest BCUT2D eigenvalue weighted by atomic mass is 32.1. The number of amides is 1. The minimum atomic E-state index is -1.14. The largest absolute Gasteiger partial charge is 0.343 e. The van der Waals surface area contributed by atoms with Crippen LogP contribution in [0.2, 0.25) is 0 Å². The molecule has 1 aromatic heterocycles. The summed E-state index contributed by atoms with van der Waals surface area (Å²) in [5, 5.41) is 5.18. The molecule has 0 aliphatic rings. The van der Waals surface area contributed by atoms with Crippen LogP contribution in [0.25, 0.3) is 0 Å². The Labute approximate surface area is 113 Å². The first kappa shape index (κ1) is 13.6. The van der Waals surface area contributed by atoms with E-state index in [1.165, 1.54) is 23.5 Å². The summed E-state index contributed by atoms with van der Waals surface area (Å²) in [5.74, 6) is -2.83. The van der Waals surface area contributed by atoms with Crippen molar-refractivity contribution < 1.29 is 13.6 Å². The molecule has 0 radical (unpaired) electrons. The SMILES string of the molecule is Cc1csc(C(C)NC(=O)c2cccc(F)c2F)n1. The van der Waals surface area contributed by atoms with E-state index in [9.17, 15) is 13.6 Å². The minimum absolute atomic E-state index is 0.305. The molecule has 19 heavy (non-hydrogen) atoms. The number of aryl methyl sites for hydroxylation is 1. The monoisotopic (exact) mass is 282 g/mol. The van der Waals surface area contributed by atoms with Crippen molar-refractivity contribution in [2.24, 2.45) is 0 Å². The van der Waals surface area contributed by atoms with Crippen LogP contribution in [0.1, 0.15) is 34.0 Å². The van der Waals surface area contributed by atoms with Gasteiger partial charge in [0.2, 0.25) is 0 Å². The number of thiazole rings is 1. The molecule has 0 bridgehead atoms. The van der Waals surface area contributed by atoms with Crippen LogP contribution in [0.4, 0.5) is 8.78 Å². The van der Waals surface area contributed by atoms with Crippen molar-refractivity contribution in [3.63, 3.8) is 0 Å². The van der Waals surface area contributed by atoms with E-state index in [0.29, 0.717) is 0 Å². The number of carbonyl (C=O) groups is 1. The topological polar surface area (TPSA) is 42.0 Å². The van der Waals surface area contributed by atoms with Gasteiger partial charge in [-0.1, -0.05) is 6.07 Å². The lowest BCUT2D eigenvalue weighted by Crippen LogP contribution is -2.27. The van der Waals surface area contributed by atoms with Crippen LogP contribution < -0.4 is 5.32 Å². The fraction of sp³-hybridized carbons (Fsp3) is 0.231. The predicted octanol–water partition coefficient (Wildman–Crippen LogP) is 3.22. The second-order valence-corrected chi connectivity index (χ2v) is 5.01. The molecule has 1 amide bonds. The first-order chi connectivity index (χ1) is 8.99. The van der Waals surface area contributed by atoms with Gasteiger partial charge in [-0.25, -0.2) is 13.8 Å². The molecule has 3 nitrogen and oxygen atoms in total. The highest BCUT2D eigenvalue weighted by molar-refractivity contribution is 7.09. The molecule has 6 heteroatoms. The summed E-state index contributed by atoms with van der Waals surface area (Å²) in [5.41, 5.74) is 0.554. The maximum Gasteiger partial charge on any atom is 0.254 e. The summed E-state index contributed by atoms with van der Waals surface area (Å²) in [6.45, 7) is 3.59. The molecule has 0 fully saturated rings. The van der Waals surface area contributed by atoms with Crippen molar-refractivity contribution in [2.45, 2.75) is 19.9 Å². The maximum atomic E-state index is 13.5. The molecule has 2 rings (SSSR count). The van der Waals surface area contributed by atoms with Gasteiger partial charge in [0.05, 0.1) is 11.6 Å². The Kier molecular flexibility index (Phi) is 3.90. The zero-order chi connectivity index (χ0) is 14.0. The van der Waals surface area contributed by atoms with Crippen LogP contribution in [0, 0.1) is 18.6 Å². The van der Waals surface area contributed by atoms with Gasteiger partial charge in [-0.3, -0.25) is 4.79 Å². The van der Waals surface area contributed by atoms with Crippen molar-refractivity contribution in [2.75, 3.05) is 0 Å². The van der Waals surface area contributed by atoms with E-state index < -0.39 is 17.5 Å². The number of carbonyl (C=O) groups excluding carboxylic acids is 1. The molecule has 100 valence electrons. The Hall–Kier alpha value is -1.82. The smallest absolute Gasteiger partial charge is 0.254 e. The lowest BCUT2D eigenvalue weighted by molar-refractivity contribution is 0.0934. The molecule has 0 spiro atoms. The normalized spacial score (nSPS) is 12.2. The molecular weight excluding hydrogens is 270 g/mol. The molecule has 0 saturated heterocycles. The van der Waals surface area contributed by atoms with Crippen molar-refractivity contribution in [3.05, 3.63) is 51.5 Å². The Morgan fingerprint density at radius 1 is 1.42 bits per heavy atom. The summed E-state index contributed by atoms with van der Waals surface area (Å²) in [4.78, 5) is 16.1. The zero-order valence-corrected chi connectivity index (χ0v) is 11.2. The summed E-state index contributed by atoms with van der Waals surface area (Å²) in [7, 11) is 0. The average Bonchev–Trinajstić information content (AvgIpc) is 2.79. The number of nitrogens with one attached hydrogen (secondary N) is 1. The van der Waals surface area contributed by atoms with E-state index in [-0.39, 0.29) is 11.6 Å². The quantitative estimate of drug-likeness (QED) is 0.939. The maximum absolute atomic E-state index is 13.5. The van der Waals surface area contributed by atoms with Gasteiger partial charge in [0.25, 0.3) is 5.91 Å². The third-order valence-electron chi connectivity index (χ3n) is 2.55. The second-order valence-electron chi connectivity index (χ2n) is 4.12. The fourth-order valence-electron chi connectivity index (χ4n) is 1.59. The molecule has 0 aliphatic heterocycles. The summed E-state index contributed by atoms with van der Waals surface area (Å²) >= 11 is 1.41. The van der Waals surface area contributed by atoms with Crippen LogP contribution >= 0.6 is 11.3 Å². The molecule has 1 atom stereocenters. The summed E-state index contributed by atoms with van der Waals surface area (Å²) in [6.07, 6.45) is 0. The van der Waals surface area contributed by atoms with E-state index in [0.717, 1.165) is 16.8 Å². The van der Waals surface area contributed by atoms with Crippen LogP contribution in [0.5, 0.6) is 0 Å². The van der Waals surface area contributed by atoms with E-state index in [1.54, 1.807) is 6.92 Å². The molecule has 1 N–H and O–H groups in total. The highest BCUT2D eigenvalue weighted by Gasteiger charge is 2.18. The third-order valence-corrected chi connectivity index (χ3v) is 3.70. The standard InChI is InChI=1S/C13H12F2N2OS/c1-7-6-19-13(16-7)8(2)17-12(18)9-4-3-5-10(14)11(9)15/h3-6,8H,1-2H3,(H,17,18). The number of hydrogen-bond acceptors (Lipinski definition) is 3. The molecule has 0 saturated carbocycles. The first-order valence-corrected chi connectivity index (χ1v) is 6.54. The van der Waals surface area contributed by atoms with Crippen molar-refractivity contribution in [3.8, 4) is 0 Å². The van der Waals surface area contributed by atoms with Gasteiger partial charge in [-0.05, 0) is 26.0 Å². The van der Waals surface area contributed by atoms with Gasteiger partial charge < -0.3 is 5.32 Å². The van der Waals surface area contributed by atoms with Gasteiger partial charge in [-0.2, -0.15) is 0 Å². The van der Waals surface area contributed by atoms with Crippen LogP contribution in [-0.2, 0) is 0 Å². The first-order valence-electron chi connectivity index (χ1n) is 5.66. The van der Waals surface area contributed by atoms with E-state index in [4.69, 9.17) is 0 Å². The number of benzene rings is 1. The van der Waals surface area contributed by atoms with E-state index in [2.05, 4.69) is 10.3 Å². The lowest BCUT2D eigenvalue weighted by Gasteiger charge is -2.11. The van der Waals surface area contributed by atoms with Gasteiger partial charge in [-0.15, -0.1) is 11.3 Å². The number of aromatic nitrogens is 1. The van der Waals surface area contributed by atoms with Gasteiger partial charge >= 0.3 is 0 Å². The molecule has 2 aromatic rings. The molecular formula is C13H12F2N2OS. The van der Waals surface area contributed by atoms with Crippen molar-refractivity contribution >= 4 is 17.2 Å². The van der Waals surface area contributed by atoms with Crippen molar-refractivity contribution in [1.29, 1.82) is 0 Å². The molecule has 1 unspecified atom stereocenters. The predicted molar refractivity (Wildman–Crippen MR) is 69.1 cm³/mol. The third kappa shape index (κ3) is 2.96. The highest BCUT2D eigenvalue weighted by Crippen LogP contribution is 2.19. The Bertz CT molecular complexity index is 612. The summed E-state index contributed by atoms with van der Waals surface area (Å²) < 4.78 is 26.5. The van der Waals surface area contributed by atoms with Crippen LogP contribution in [-0.4, -0.2) is 10.9 Å². The number of nitrogens with zero attached hydrogens (tertiary/aromatic N) is 1. The lowest BCUT2D eigenvalue weighted by atomic mass is 10.2. The van der Waals surface area contributed by atoms with Crippen LogP contribution in [0.15, 0.2) is 23.6 Å². The van der Waals surface area contributed by atoms with Gasteiger partial charge in [0.1, 0.15) is 5.01 Å². The fourth-order valence-corrected chi connectivity index (χ4v) is 2.39. The number of halogens is 2. The summed E-state index contributed by atoms with van der Waals surface area (Å²) in [6, 6.07) is 3.16. The van der Waals surface area contributed by atoms with E-state index >= 15 is 0 Å². The van der Waals surface area contributed by atoms with E-state index in [1.807, 2.05) is 12.3 Å². The van der Waals surface area contributed by atoms with Crippen LogP contribution in [0.3, 0.4) is 0 Å². The Morgan fingerprint density at radius 2 is 2.16 bits per heavy atom. The Morgan fingerprint density at radius 3 is 2.79 bits per heavy atom. The molecule has 0 aliphatic carbocycles. The second kappa shape index (κ2) is 5.44. The van der Waals surface area contributed by atoms with Gasteiger partial charge in [0.15, 0.2) is 11.6 Å². The average molecular weight is 282 g/mol. The Balaban J connectivity index is 2.15. The van der Waals surface area contributed by atoms with Gasteiger partial charge in [0, 0.05) is 11.1 Å². The molecule has 1 heterocycles.